The van der Waals surface area contributed by atoms with Gasteiger partial charge in [0.1, 0.15) is 5.75 Å². The highest BCUT2D eigenvalue weighted by Gasteiger charge is 2.76. The Hall–Kier alpha value is -1.29. The number of alkyl halides is 6. The van der Waals surface area contributed by atoms with Gasteiger partial charge in [0, 0.05) is 9.26 Å². The number of hydrogen-bond donors (Lipinski definition) is 2. The number of rotatable bonds is 4. The Morgan fingerprint density at radius 3 is 2.00 bits per heavy atom. The molecule has 0 saturated heterocycles. The van der Waals surface area contributed by atoms with Crippen LogP contribution in [-0.2, 0) is 14.9 Å². The van der Waals surface area contributed by atoms with Crippen LogP contribution in [0.25, 0.3) is 0 Å². The van der Waals surface area contributed by atoms with Crippen LogP contribution in [0.4, 0.5) is 32.0 Å². The summed E-state index contributed by atoms with van der Waals surface area (Å²) in [4.78, 5) is 11.8. The van der Waals surface area contributed by atoms with E-state index in [9.17, 15) is 39.6 Å². The van der Waals surface area contributed by atoms with E-state index in [1.165, 1.54) is 0 Å². The van der Waals surface area contributed by atoms with Gasteiger partial charge >= 0.3 is 23.9 Å². The van der Waals surface area contributed by atoms with Crippen molar-refractivity contribution in [1.29, 1.82) is 0 Å². The van der Waals surface area contributed by atoms with E-state index in [2.05, 4.69) is 4.74 Å². The van der Waals surface area contributed by atoms with Gasteiger partial charge in [-0.1, -0.05) is 0 Å². The first-order chi connectivity index (χ1) is 11.0. The van der Waals surface area contributed by atoms with Crippen molar-refractivity contribution in [3.05, 3.63) is 27.3 Å². The minimum absolute atomic E-state index is 0.0907. The highest BCUT2D eigenvalue weighted by Crippen LogP contribution is 2.47. The van der Waals surface area contributed by atoms with Crippen molar-refractivity contribution in [3.8, 4) is 0 Å². The predicted molar refractivity (Wildman–Crippen MR) is 80.2 cm³/mol. The Balaban J connectivity index is 3.46. The van der Waals surface area contributed by atoms with E-state index in [1.54, 1.807) is 22.6 Å². The number of carbonyl (C=O) groups is 1. The summed E-state index contributed by atoms with van der Waals surface area (Å²) in [6, 6.07) is 2.68. The number of nitrogens with two attached hydrogens (primary N) is 1. The van der Waals surface area contributed by atoms with Crippen LogP contribution >= 0.6 is 22.6 Å². The molecule has 142 valence electrons. The minimum atomic E-state index is -6.38. The largest absolute Gasteiger partial charge is 0.438 e. The molecule has 14 heteroatoms. The summed E-state index contributed by atoms with van der Waals surface area (Å²) in [5.41, 5.74) is -0.680. The van der Waals surface area contributed by atoms with Crippen molar-refractivity contribution in [1.82, 2.24) is 0 Å². The molecule has 0 unspecified atom stereocenters. The number of esters is 1. The molecule has 0 atom stereocenters. The van der Waals surface area contributed by atoms with Crippen LogP contribution < -0.4 is 5.73 Å². The highest BCUT2D eigenvalue weighted by molar-refractivity contribution is 14.1. The Morgan fingerprint density at radius 1 is 1.16 bits per heavy atom. The van der Waals surface area contributed by atoms with Crippen LogP contribution in [0.3, 0.4) is 0 Å². The number of nitrogen functional groups attached to an aromatic ring is 1. The maximum absolute atomic E-state index is 13.0. The predicted octanol–water partition coefficient (Wildman–Crippen LogP) is 2.78. The molecule has 6 nitrogen and oxygen atoms in total. The monoisotopic (exact) mass is 507 g/mol. The van der Waals surface area contributed by atoms with Crippen LogP contribution in [-0.4, -0.2) is 42.6 Å². The number of anilines is 1. The molecule has 0 aromatic heterocycles. The topological polar surface area (TPSA) is 107 Å². The molecular weight excluding hydrogens is 499 g/mol. The summed E-state index contributed by atoms with van der Waals surface area (Å²) in [7, 11) is -5.83. The Morgan fingerprint density at radius 2 is 1.64 bits per heavy atom. The molecule has 0 aliphatic heterocycles. The highest BCUT2D eigenvalue weighted by atomic mass is 127. The fourth-order valence-corrected chi connectivity index (χ4v) is 3.01. The van der Waals surface area contributed by atoms with Crippen LogP contribution in [0.5, 0.6) is 0 Å². The second-order valence-electron chi connectivity index (χ2n) is 4.67. The zero-order chi connectivity index (χ0) is 19.8. The molecule has 3 N–H and O–H groups in total. The lowest BCUT2D eigenvalue weighted by Crippen LogP contribution is -2.63. The molecule has 0 spiro atoms. The first-order valence-corrected chi connectivity index (χ1v) is 8.56. The van der Waals surface area contributed by atoms with Crippen molar-refractivity contribution in [3.63, 3.8) is 0 Å². The second-order valence-corrected chi connectivity index (χ2v) is 7.29. The number of halogens is 7. The third kappa shape index (κ3) is 4.87. The van der Waals surface area contributed by atoms with Crippen LogP contribution in [0.15, 0.2) is 18.2 Å². The normalized spacial score (nSPS) is 13.6. The molecule has 25 heavy (non-hydrogen) atoms. The smallest absolute Gasteiger partial charge is 0.435 e. The van der Waals surface area contributed by atoms with E-state index in [-0.39, 0.29) is 9.26 Å². The number of hydrogen-bond acceptors (Lipinski definition) is 5. The number of benzene rings is 1. The van der Waals surface area contributed by atoms with Crippen molar-refractivity contribution < 1.29 is 48.8 Å². The standard InChI is InChI=1S/C11H8F6INO5S/c12-10(13,14)9(11(15,16)17,4-25(21,22)23)24-8(20)5-1-2-7(19)6(18)3-5/h1-3H,4,19H2,(H,21,22,23). The quantitative estimate of drug-likeness (QED) is 0.214. The molecule has 1 rings (SSSR count). The first-order valence-electron chi connectivity index (χ1n) is 5.87. The number of carbonyl (C=O) groups excluding carboxylic acids is 1. The van der Waals surface area contributed by atoms with Gasteiger partial charge < -0.3 is 10.5 Å². The third-order valence-corrected chi connectivity index (χ3v) is 4.51. The Bertz CT molecular complexity index is 762. The number of ether oxygens (including phenoxy) is 1. The van der Waals surface area contributed by atoms with E-state index in [0.717, 1.165) is 18.2 Å². The average Bonchev–Trinajstić information content (AvgIpc) is 2.36. The van der Waals surface area contributed by atoms with E-state index in [0.29, 0.717) is 0 Å². The van der Waals surface area contributed by atoms with Crippen molar-refractivity contribution in [2.45, 2.75) is 18.0 Å². The van der Waals surface area contributed by atoms with Crippen LogP contribution in [0, 0.1) is 3.57 Å². The van der Waals surface area contributed by atoms with Crippen LogP contribution in [0.2, 0.25) is 0 Å². The van der Waals surface area contributed by atoms with E-state index >= 15 is 0 Å². The molecule has 0 radical (unpaired) electrons. The van der Waals surface area contributed by atoms with Gasteiger partial charge in [0.2, 0.25) is 0 Å². The second kappa shape index (κ2) is 6.79. The van der Waals surface area contributed by atoms with Gasteiger partial charge in [-0.2, -0.15) is 34.8 Å². The van der Waals surface area contributed by atoms with E-state index in [1.807, 2.05) is 0 Å². The van der Waals surface area contributed by atoms with E-state index in [4.69, 9.17) is 10.3 Å². The summed E-state index contributed by atoms with van der Waals surface area (Å²) in [5.74, 6) is -5.04. The lowest BCUT2D eigenvalue weighted by atomic mass is 10.1. The fraction of sp³-hybridized carbons (Fsp3) is 0.364. The summed E-state index contributed by atoms with van der Waals surface area (Å²) in [6.07, 6.45) is -12.8. The van der Waals surface area contributed by atoms with Gasteiger partial charge in [-0.3, -0.25) is 4.55 Å². The zero-order valence-corrected chi connectivity index (χ0v) is 14.6. The summed E-state index contributed by atoms with van der Waals surface area (Å²) >= 11 is 1.56. The summed E-state index contributed by atoms with van der Waals surface area (Å²) in [5, 5.41) is 0. The molecule has 0 bridgehead atoms. The fourth-order valence-electron chi connectivity index (χ4n) is 1.60. The first kappa shape index (κ1) is 21.8. The molecule has 0 saturated carbocycles. The molecule has 0 aliphatic rings. The molecular formula is C11H8F6INO5S. The van der Waals surface area contributed by atoms with E-state index < -0.39 is 45.4 Å². The van der Waals surface area contributed by atoms with Gasteiger partial charge in [-0.25, -0.2) is 4.79 Å². The molecule has 0 amide bonds. The molecule has 1 aromatic carbocycles. The maximum Gasteiger partial charge on any atom is 0.438 e. The zero-order valence-electron chi connectivity index (χ0n) is 11.7. The molecule has 1 aromatic rings. The van der Waals surface area contributed by atoms with Crippen molar-refractivity contribution in [2.75, 3.05) is 11.5 Å². The van der Waals surface area contributed by atoms with Gasteiger partial charge in [0.15, 0.2) is 0 Å². The summed E-state index contributed by atoms with van der Waals surface area (Å²) in [6.45, 7) is 0. The van der Waals surface area contributed by atoms with Gasteiger partial charge in [0.25, 0.3) is 10.1 Å². The van der Waals surface area contributed by atoms with Gasteiger partial charge in [-0.05, 0) is 40.8 Å². The lowest BCUT2D eigenvalue weighted by Gasteiger charge is -2.35. The van der Waals surface area contributed by atoms with Gasteiger partial charge in [0.05, 0.1) is 5.56 Å². The molecule has 0 aliphatic carbocycles. The maximum atomic E-state index is 13.0. The van der Waals surface area contributed by atoms with Gasteiger partial charge in [-0.15, -0.1) is 0 Å². The SMILES string of the molecule is Nc1ccc(C(=O)OC(CS(=O)(=O)O)(C(F)(F)F)C(F)(F)F)cc1I. The minimum Gasteiger partial charge on any atom is -0.435 e. The molecule has 0 heterocycles. The Labute approximate surface area is 150 Å². The Kier molecular flexibility index (Phi) is 5.91. The summed E-state index contributed by atoms with van der Waals surface area (Å²) < 4.78 is 112. The third-order valence-electron chi connectivity index (χ3n) is 2.80. The molecule has 0 fully saturated rings. The lowest BCUT2D eigenvalue weighted by molar-refractivity contribution is -0.356. The van der Waals surface area contributed by atoms with Crippen LogP contribution in [0.1, 0.15) is 10.4 Å². The average molecular weight is 507 g/mol. The van der Waals surface area contributed by atoms with Crippen molar-refractivity contribution in [2.24, 2.45) is 0 Å². The van der Waals surface area contributed by atoms with Crippen molar-refractivity contribution >= 4 is 44.4 Å².